The van der Waals surface area contributed by atoms with Gasteiger partial charge in [0.25, 0.3) is 0 Å². The van der Waals surface area contributed by atoms with Crippen molar-refractivity contribution in [3.63, 3.8) is 0 Å². The van der Waals surface area contributed by atoms with E-state index < -0.39 is 12.6 Å². The van der Waals surface area contributed by atoms with E-state index in [1.807, 2.05) is 6.92 Å². The lowest BCUT2D eigenvalue weighted by atomic mass is 10.1. The standard InChI is InChI=1S/C13H12O5/c1-2-8-5-9-3-4-10(17-7-12(14)15)6-11(9)18-13(8)16/h3-6H,2,7H2,1H3,(H,14,15). The normalized spacial score (nSPS) is 10.5. The highest BCUT2D eigenvalue weighted by Crippen LogP contribution is 2.20. The zero-order chi connectivity index (χ0) is 13.1. The Morgan fingerprint density at radius 1 is 1.39 bits per heavy atom. The van der Waals surface area contributed by atoms with E-state index in [0.29, 0.717) is 23.3 Å². The lowest BCUT2D eigenvalue weighted by Gasteiger charge is -2.04. The van der Waals surface area contributed by atoms with Gasteiger partial charge in [0.15, 0.2) is 6.61 Å². The third-order valence-corrected chi connectivity index (χ3v) is 2.52. The van der Waals surface area contributed by atoms with Gasteiger partial charge in [0.05, 0.1) is 0 Å². The van der Waals surface area contributed by atoms with Gasteiger partial charge in [-0.25, -0.2) is 9.59 Å². The average Bonchev–Trinajstić information content (AvgIpc) is 2.35. The highest BCUT2D eigenvalue weighted by atomic mass is 16.5. The smallest absolute Gasteiger partial charge is 0.341 e. The number of carboxylic acid groups (broad SMARTS) is 1. The largest absolute Gasteiger partial charge is 0.482 e. The molecule has 1 aromatic heterocycles. The summed E-state index contributed by atoms with van der Waals surface area (Å²) in [4.78, 5) is 21.9. The number of rotatable bonds is 4. The van der Waals surface area contributed by atoms with Crippen LogP contribution < -0.4 is 10.4 Å². The maximum Gasteiger partial charge on any atom is 0.341 e. The minimum atomic E-state index is -1.06. The Kier molecular flexibility index (Phi) is 3.32. The van der Waals surface area contributed by atoms with Gasteiger partial charge in [0.1, 0.15) is 11.3 Å². The first kappa shape index (κ1) is 12.2. The van der Waals surface area contributed by atoms with Crippen molar-refractivity contribution in [3.8, 4) is 5.75 Å². The van der Waals surface area contributed by atoms with Gasteiger partial charge < -0.3 is 14.3 Å². The van der Waals surface area contributed by atoms with Gasteiger partial charge in [-0.3, -0.25) is 0 Å². The topological polar surface area (TPSA) is 76.7 Å². The highest BCUT2D eigenvalue weighted by molar-refractivity contribution is 5.78. The van der Waals surface area contributed by atoms with Crippen LogP contribution in [0.4, 0.5) is 0 Å². The SMILES string of the molecule is CCc1cc2ccc(OCC(=O)O)cc2oc1=O. The molecular formula is C13H12O5. The molecule has 0 radical (unpaired) electrons. The van der Waals surface area contributed by atoms with Crippen LogP contribution in [-0.4, -0.2) is 17.7 Å². The molecule has 0 aliphatic carbocycles. The van der Waals surface area contributed by atoms with E-state index in [4.69, 9.17) is 14.3 Å². The molecule has 0 aliphatic rings. The summed E-state index contributed by atoms with van der Waals surface area (Å²) in [6.45, 7) is 1.45. The molecule has 0 unspecified atom stereocenters. The number of hydrogen-bond donors (Lipinski definition) is 1. The van der Waals surface area contributed by atoms with Crippen LogP contribution in [0.15, 0.2) is 33.5 Å². The first-order chi connectivity index (χ1) is 8.60. The van der Waals surface area contributed by atoms with Gasteiger partial charge in [-0.05, 0) is 24.6 Å². The van der Waals surface area contributed by atoms with Gasteiger partial charge >= 0.3 is 11.6 Å². The summed E-state index contributed by atoms with van der Waals surface area (Å²) >= 11 is 0. The van der Waals surface area contributed by atoms with Crippen LogP contribution in [0.3, 0.4) is 0 Å². The molecule has 0 bridgehead atoms. The van der Waals surface area contributed by atoms with Crippen molar-refractivity contribution in [1.82, 2.24) is 0 Å². The first-order valence-electron chi connectivity index (χ1n) is 5.51. The van der Waals surface area contributed by atoms with Crippen LogP contribution in [0.1, 0.15) is 12.5 Å². The fraction of sp³-hybridized carbons (Fsp3) is 0.231. The highest BCUT2D eigenvalue weighted by Gasteiger charge is 2.06. The summed E-state index contributed by atoms with van der Waals surface area (Å²) in [7, 11) is 0. The number of benzene rings is 1. The van der Waals surface area contributed by atoms with Crippen molar-refractivity contribution in [2.75, 3.05) is 6.61 Å². The summed E-state index contributed by atoms with van der Waals surface area (Å²) in [6.07, 6.45) is 0.607. The summed E-state index contributed by atoms with van der Waals surface area (Å²) in [5.74, 6) is -0.699. The van der Waals surface area contributed by atoms with Crippen molar-refractivity contribution in [3.05, 3.63) is 40.2 Å². The molecule has 5 heteroatoms. The van der Waals surface area contributed by atoms with E-state index in [1.165, 1.54) is 6.07 Å². The lowest BCUT2D eigenvalue weighted by Crippen LogP contribution is -2.09. The van der Waals surface area contributed by atoms with E-state index in [1.54, 1.807) is 18.2 Å². The molecule has 1 N–H and O–H groups in total. The number of hydrogen-bond acceptors (Lipinski definition) is 4. The van der Waals surface area contributed by atoms with E-state index in [-0.39, 0.29) is 5.63 Å². The molecule has 1 aromatic carbocycles. The number of carbonyl (C=O) groups is 1. The van der Waals surface area contributed by atoms with E-state index in [2.05, 4.69) is 0 Å². The number of fused-ring (bicyclic) bond motifs is 1. The molecule has 0 saturated heterocycles. The zero-order valence-electron chi connectivity index (χ0n) is 9.80. The molecule has 0 aliphatic heterocycles. The molecule has 94 valence electrons. The van der Waals surface area contributed by atoms with Crippen molar-refractivity contribution in [1.29, 1.82) is 0 Å². The second kappa shape index (κ2) is 4.91. The fourth-order valence-electron chi connectivity index (χ4n) is 1.62. The average molecular weight is 248 g/mol. The van der Waals surface area contributed by atoms with Gasteiger partial charge in [-0.2, -0.15) is 0 Å². The Hall–Kier alpha value is -2.30. The molecule has 1 heterocycles. The Balaban J connectivity index is 2.39. The maximum atomic E-state index is 11.5. The minimum absolute atomic E-state index is 0.359. The summed E-state index contributed by atoms with van der Waals surface area (Å²) in [5.41, 5.74) is 0.627. The number of ether oxygens (including phenoxy) is 1. The third kappa shape index (κ3) is 2.51. The number of carboxylic acids is 1. The summed E-state index contributed by atoms with van der Waals surface area (Å²) < 4.78 is 10.2. The quantitative estimate of drug-likeness (QED) is 0.835. The predicted molar refractivity (Wildman–Crippen MR) is 65.0 cm³/mol. The van der Waals surface area contributed by atoms with Crippen LogP contribution in [0, 0.1) is 0 Å². The predicted octanol–water partition coefficient (Wildman–Crippen LogP) is 1.82. The summed E-state index contributed by atoms with van der Waals surface area (Å²) in [5, 5.41) is 9.29. The van der Waals surface area contributed by atoms with Crippen molar-refractivity contribution in [2.24, 2.45) is 0 Å². The number of aryl methyl sites for hydroxylation is 1. The maximum absolute atomic E-state index is 11.5. The summed E-state index contributed by atoms with van der Waals surface area (Å²) in [6, 6.07) is 6.65. The molecule has 2 rings (SSSR count). The van der Waals surface area contributed by atoms with Crippen LogP contribution in [0.25, 0.3) is 11.0 Å². The van der Waals surface area contributed by atoms with Gasteiger partial charge in [0.2, 0.25) is 0 Å². The van der Waals surface area contributed by atoms with Crippen LogP contribution in [0.5, 0.6) is 5.75 Å². The van der Waals surface area contributed by atoms with Crippen molar-refractivity contribution >= 4 is 16.9 Å². The second-order valence-electron chi connectivity index (χ2n) is 3.79. The minimum Gasteiger partial charge on any atom is -0.482 e. The molecule has 0 fully saturated rings. The van der Waals surface area contributed by atoms with Crippen LogP contribution in [-0.2, 0) is 11.2 Å². The molecule has 2 aromatic rings. The second-order valence-corrected chi connectivity index (χ2v) is 3.79. The Morgan fingerprint density at radius 3 is 2.83 bits per heavy atom. The molecular weight excluding hydrogens is 236 g/mol. The molecule has 5 nitrogen and oxygen atoms in total. The molecule has 0 spiro atoms. The Bertz CT molecular complexity index is 641. The van der Waals surface area contributed by atoms with Crippen LogP contribution in [0.2, 0.25) is 0 Å². The number of aliphatic carboxylic acids is 1. The van der Waals surface area contributed by atoms with E-state index in [0.717, 1.165) is 5.39 Å². The molecule has 0 atom stereocenters. The van der Waals surface area contributed by atoms with Crippen molar-refractivity contribution in [2.45, 2.75) is 13.3 Å². The Morgan fingerprint density at radius 2 is 2.17 bits per heavy atom. The van der Waals surface area contributed by atoms with Crippen LogP contribution >= 0.6 is 0 Å². The van der Waals surface area contributed by atoms with Gasteiger partial charge in [0, 0.05) is 17.0 Å². The fourth-order valence-corrected chi connectivity index (χ4v) is 1.62. The van der Waals surface area contributed by atoms with Gasteiger partial charge in [-0.15, -0.1) is 0 Å². The third-order valence-electron chi connectivity index (χ3n) is 2.52. The lowest BCUT2D eigenvalue weighted by molar-refractivity contribution is -0.139. The van der Waals surface area contributed by atoms with Crippen molar-refractivity contribution < 1.29 is 19.1 Å². The van der Waals surface area contributed by atoms with E-state index >= 15 is 0 Å². The molecule has 18 heavy (non-hydrogen) atoms. The van der Waals surface area contributed by atoms with E-state index in [9.17, 15) is 9.59 Å². The monoisotopic (exact) mass is 248 g/mol. The Labute approximate surface area is 103 Å². The zero-order valence-corrected chi connectivity index (χ0v) is 9.80. The molecule has 0 amide bonds. The molecule has 0 saturated carbocycles. The van der Waals surface area contributed by atoms with Gasteiger partial charge in [-0.1, -0.05) is 6.92 Å². The first-order valence-corrected chi connectivity index (χ1v) is 5.51.